The van der Waals surface area contributed by atoms with E-state index < -0.39 is 17.7 Å². The standard InChI is InChI=1S/C25H17F3N2O2/c26-25(27,28)16-6-8-19-20(11-16)30-23(29-19)13-3-1-12(2-4-13)14-5-7-17-15(9-14)10-18-21(17)22(18)24(31)32/h1-9,11,18,21-22H,10H2,(H,29,30)(H,31,32). The van der Waals surface area contributed by atoms with E-state index in [9.17, 15) is 23.1 Å². The number of aliphatic carboxylic acids is 1. The van der Waals surface area contributed by atoms with Gasteiger partial charge >= 0.3 is 12.1 Å². The third-order valence-electron chi connectivity index (χ3n) is 6.71. The SMILES string of the molecule is O=C(O)C1C2Cc3cc(-c4ccc(-c5nc6ccc(C(F)(F)F)cc6[nH]5)cc4)ccc3C21. The van der Waals surface area contributed by atoms with E-state index in [1.807, 2.05) is 36.4 Å². The molecule has 3 aromatic carbocycles. The lowest BCUT2D eigenvalue weighted by molar-refractivity contribution is -0.139. The maximum absolute atomic E-state index is 13.0. The van der Waals surface area contributed by atoms with Gasteiger partial charge in [-0.1, -0.05) is 42.5 Å². The second kappa shape index (κ2) is 6.45. The number of hydrogen-bond acceptors (Lipinski definition) is 2. The van der Waals surface area contributed by atoms with Crippen LogP contribution < -0.4 is 0 Å². The Kier molecular flexibility index (Phi) is 3.85. The van der Waals surface area contributed by atoms with Crippen LogP contribution in [0.5, 0.6) is 0 Å². The van der Waals surface area contributed by atoms with Gasteiger partial charge in [-0.2, -0.15) is 13.2 Å². The highest BCUT2D eigenvalue weighted by molar-refractivity contribution is 5.81. The second-order valence-corrected chi connectivity index (χ2v) is 8.56. The highest BCUT2D eigenvalue weighted by atomic mass is 19.4. The largest absolute Gasteiger partial charge is 0.481 e. The number of aromatic nitrogens is 2. The van der Waals surface area contributed by atoms with E-state index in [0.717, 1.165) is 40.8 Å². The molecule has 32 heavy (non-hydrogen) atoms. The molecule has 0 amide bonds. The minimum Gasteiger partial charge on any atom is -0.481 e. The Bertz CT molecular complexity index is 1390. The van der Waals surface area contributed by atoms with E-state index in [1.54, 1.807) is 0 Å². The summed E-state index contributed by atoms with van der Waals surface area (Å²) in [6.45, 7) is 0. The molecule has 160 valence electrons. The molecule has 0 spiro atoms. The molecular weight excluding hydrogens is 417 g/mol. The van der Waals surface area contributed by atoms with Gasteiger partial charge in [-0.3, -0.25) is 4.79 Å². The number of carbonyl (C=O) groups is 1. The Balaban J connectivity index is 1.27. The molecule has 4 nitrogen and oxygen atoms in total. The molecule has 1 fully saturated rings. The summed E-state index contributed by atoms with van der Waals surface area (Å²) in [6, 6.07) is 17.4. The summed E-state index contributed by atoms with van der Waals surface area (Å²) in [7, 11) is 0. The molecule has 1 heterocycles. The molecule has 7 heteroatoms. The molecule has 4 aromatic rings. The lowest BCUT2D eigenvalue weighted by Crippen LogP contribution is -2.05. The third kappa shape index (κ3) is 2.92. The molecule has 1 saturated carbocycles. The fourth-order valence-electron chi connectivity index (χ4n) is 5.07. The average molecular weight is 434 g/mol. The summed E-state index contributed by atoms with van der Waals surface area (Å²) in [5.41, 5.74) is 5.35. The van der Waals surface area contributed by atoms with Gasteiger partial charge in [-0.05, 0) is 52.8 Å². The van der Waals surface area contributed by atoms with Crippen molar-refractivity contribution in [3.05, 3.63) is 77.4 Å². The van der Waals surface area contributed by atoms with Crippen LogP contribution in [-0.4, -0.2) is 21.0 Å². The number of aromatic amines is 1. The van der Waals surface area contributed by atoms with Crippen LogP contribution in [0.15, 0.2) is 60.7 Å². The Labute approximate surface area is 180 Å². The quantitative estimate of drug-likeness (QED) is 0.423. The molecule has 3 atom stereocenters. The number of nitrogens with zero attached hydrogens (tertiary/aromatic N) is 1. The topological polar surface area (TPSA) is 66.0 Å². The van der Waals surface area contributed by atoms with Crippen LogP contribution in [0, 0.1) is 11.8 Å². The zero-order chi connectivity index (χ0) is 22.2. The summed E-state index contributed by atoms with van der Waals surface area (Å²) in [6.07, 6.45) is -3.59. The second-order valence-electron chi connectivity index (χ2n) is 8.56. The highest BCUT2D eigenvalue weighted by Crippen LogP contribution is 2.61. The van der Waals surface area contributed by atoms with Gasteiger partial charge in [0, 0.05) is 11.5 Å². The lowest BCUT2D eigenvalue weighted by atomic mass is 9.96. The number of carboxylic acid groups (broad SMARTS) is 1. The van der Waals surface area contributed by atoms with Crippen molar-refractivity contribution in [1.82, 2.24) is 9.97 Å². The van der Waals surface area contributed by atoms with E-state index in [0.29, 0.717) is 16.9 Å². The minimum absolute atomic E-state index is 0.157. The number of alkyl halides is 3. The Morgan fingerprint density at radius 3 is 2.41 bits per heavy atom. The van der Waals surface area contributed by atoms with Crippen molar-refractivity contribution in [3.8, 4) is 22.5 Å². The van der Waals surface area contributed by atoms with Gasteiger partial charge in [0.25, 0.3) is 0 Å². The summed E-state index contributed by atoms with van der Waals surface area (Å²) in [5, 5.41) is 9.28. The van der Waals surface area contributed by atoms with Crippen molar-refractivity contribution >= 4 is 17.0 Å². The van der Waals surface area contributed by atoms with E-state index in [2.05, 4.69) is 16.0 Å². The average Bonchev–Trinajstić information content (AvgIpc) is 3.13. The van der Waals surface area contributed by atoms with Crippen LogP contribution in [0.3, 0.4) is 0 Å². The first-order chi connectivity index (χ1) is 15.3. The molecule has 0 aliphatic heterocycles. The fourth-order valence-corrected chi connectivity index (χ4v) is 5.07. The van der Waals surface area contributed by atoms with E-state index in [-0.39, 0.29) is 17.8 Å². The van der Waals surface area contributed by atoms with E-state index in [1.165, 1.54) is 11.6 Å². The third-order valence-corrected chi connectivity index (χ3v) is 6.71. The Hall–Kier alpha value is -3.61. The first kappa shape index (κ1) is 19.1. The lowest BCUT2D eigenvalue weighted by Gasteiger charge is -2.09. The zero-order valence-electron chi connectivity index (χ0n) is 16.6. The highest BCUT2D eigenvalue weighted by Gasteiger charge is 2.59. The zero-order valence-corrected chi connectivity index (χ0v) is 16.6. The van der Waals surface area contributed by atoms with E-state index >= 15 is 0 Å². The molecule has 0 radical (unpaired) electrons. The van der Waals surface area contributed by atoms with Crippen LogP contribution in [0.2, 0.25) is 0 Å². The Morgan fingerprint density at radius 2 is 1.69 bits per heavy atom. The van der Waals surface area contributed by atoms with Gasteiger partial charge in [0.15, 0.2) is 0 Å². The number of carboxylic acids is 1. The molecule has 2 aliphatic carbocycles. The maximum atomic E-state index is 13.0. The van der Waals surface area contributed by atoms with Gasteiger partial charge < -0.3 is 10.1 Å². The van der Waals surface area contributed by atoms with Crippen molar-refractivity contribution in [2.75, 3.05) is 0 Å². The van der Waals surface area contributed by atoms with Crippen molar-refractivity contribution < 1.29 is 23.1 Å². The number of hydrogen-bond donors (Lipinski definition) is 2. The first-order valence-electron chi connectivity index (χ1n) is 10.3. The molecule has 3 unspecified atom stereocenters. The maximum Gasteiger partial charge on any atom is 0.416 e. The number of imidazole rings is 1. The summed E-state index contributed by atoms with van der Waals surface area (Å²) >= 11 is 0. The molecule has 1 aromatic heterocycles. The van der Waals surface area contributed by atoms with Crippen molar-refractivity contribution in [3.63, 3.8) is 0 Å². The van der Waals surface area contributed by atoms with Gasteiger partial charge in [-0.15, -0.1) is 0 Å². The number of fused-ring (bicyclic) bond motifs is 4. The summed E-state index contributed by atoms with van der Waals surface area (Å²) < 4.78 is 38.9. The van der Waals surface area contributed by atoms with Crippen LogP contribution in [0.4, 0.5) is 13.2 Å². The molecule has 0 bridgehead atoms. The van der Waals surface area contributed by atoms with Crippen LogP contribution >= 0.6 is 0 Å². The van der Waals surface area contributed by atoms with Crippen molar-refractivity contribution in [2.24, 2.45) is 11.8 Å². The van der Waals surface area contributed by atoms with Gasteiger partial charge in [0.1, 0.15) is 5.82 Å². The van der Waals surface area contributed by atoms with E-state index in [4.69, 9.17) is 0 Å². The summed E-state index contributed by atoms with van der Waals surface area (Å²) in [5.74, 6) is -0.0373. The van der Waals surface area contributed by atoms with Gasteiger partial charge in [-0.25, -0.2) is 4.98 Å². The van der Waals surface area contributed by atoms with Crippen molar-refractivity contribution in [1.29, 1.82) is 0 Å². The molecule has 2 aliphatic rings. The van der Waals surface area contributed by atoms with Gasteiger partial charge in [0.2, 0.25) is 0 Å². The molecule has 6 rings (SSSR count). The predicted octanol–water partition coefficient (Wildman–Crippen LogP) is 5.89. The molecular formula is C25H17F3N2O2. The number of rotatable bonds is 3. The van der Waals surface area contributed by atoms with Crippen LogP contribution in [0.1, 0.15) is 22.6 Å². The Morgan fingerprint density at radius 1 is 0.969 bits per heavy atom. The molecule has 2 N–H and O–H groups in total. The first-order valence-corrected chi connectivity index (χ1v) is 10.3. The minimum atomic E-state index is -4.40. The van der Waals surface area contributed by atoms with Crippen LogP contribution in [-0.2, 0) is 17.4 Å². The number of nitrogens with one attached hydrogen (secondary N) is 1. The smallest absolute Gasteiger partial charge is 0.416 e. The summed E-state index contributed by atoms with van der Waals surface area (Å²) in [4.78, 5) is 18.7. The van der Waals surface area contributed by atoms with Crippen LogP contribution in [0.25, 0.3) is 33.5 Å². The van der Waals surface area contributed by atoms with Crippen molar-refractivity contribution in [2.45, 2.75) is 18.5 Å². The normalized spacial score (nSPS) is 21.4. The number of benzene rings is 3. The number of halogens is 3. The monoisotopic (exact) mass is 434 g/mol. The molecule has 0 saturated heterocycles. The fraction of sp³-hybridized carbons (Fsp3) is 0.200. The predicted molar refractivity (Wildman–Crippen MR) is 113 cm³/mol. The van der Waals surface area contributed by atoms with Gasteiger partial charge in [0.05, 0.1) is 22.5 Å². The number of H-pyrrole nitrogens is 1.